The molecule has 2 saturated heterocycles. The van der Waals surface area contributed by atoms with E-state index in [1.54, 1.807) is 13.0 Å². The number of hydrogen-bond acceptors (Lipinski definition) is 7. The predicted octanol–water partition coefficient (Wildman–Crippen LogP) is 3.64. The quantitative estimate of drug-likeness (QED) is 0.667. The van der Waals surface area contributed by atoms with Crippen molar-refractivity contribution in [2.24, 2.45) is 5.92 Å². The van der Waals surface area contributed by atoms with E-state index in [-0.39, 0.29) is 17.7 Å². The third-order valence-corrected chi connectivity index (χ3v) is 9.32. The Kier molecular flexibility index (Phi) is 6.50. The Morgan fingerprint density at radius 3 is 2.45 bits per heavy atom. The van der Waals surface area contributed by atoms with Crippen molar-refractivity contribution in [3.8, 4) is 10.7 Å². The highest BCUT2D eigenvalue weighted by Crippen LogP contribution is 2.35. The summed E-state index contributed by atoms with van der Waals surface area (Å²) >= 11 is 1.36. The van der Waals surface area contributed by atoms with E-state index < -0.39 is 10.0 Å². The number of carbonyl (C=O) groups is 1. The highest BCUT2D eigenvalue weighted by atomic mass is 32.2. The first-order valence-corrected chi connectivity index (χ1v) is 13.3. The van der Waals surface area contributed by atoms with Gasteiger partial charge in [-0.2, -0.15) is 9.29 Å². The SMILES string of the molecule is Cc1sc(-c2noc(C(C)C)n2)cc1S(=O)(=O)N1CCC(C(=O)N2CCCCC2)CC1. The van der Waals surface area contributed by atoms with E-state index in [1.165, 1.54) is 22.1 Å². The average molecular weight is 467 g/mol. The van der Waals surface area contributed by atoms with Crippen molar-refractivity contribution in [2.75, 3.05) is 26.2 Å². The van der Waals surface area contributed by atoms with Gasteiger partial charge in [-0.25, -0.2) is 8.42 Å². The lowest BCUT2D eigenvalue weighted by Gasteiger charge is -2.35. The molecule has 4 heterocycles. The number of rotatable bonds is 5. The zero-order chi connectivity index (χ0) is 22.2. The van der Waals surface area contributed by atoms with Crippen LogP contribution >= 0.6 is 11.3 Å². The summed E-state index contributed by atoms with van der Waals surface area (Å²) in [5.74, 6) is 1.19. The highest BCUT2D eigenvalue weighted by Gasteiger charge is 2.35. The van der Waals surface area contributed by atoms with Gasteiger partial charge in [0.2, 0.25) is 27.6 Å². The number of hydrogen-bond donors (Lipinski definition) is 0. The van der Waals surface area contributed by atoms with Gasteiger partial charge in [-0.15, -0.1) is 11.3 Å². The topological polar surface area (TPSA) is 96.6 Å². The first-order chi connectivity index (χ1) is 14.8. The van der Waals surface area contributed by atoms with Gasteiger partial charge in [-0.05, 0) is 45.1 Å². The molecule has 8 nitrogen and oxygen atoms in total. The number of likely N-dealkylation sites (tertiary alicyclic amines) is 1. The summed E-state index contributed by atoms with van der Waals surface area (Å²) in [6, 6.07) is 1.65. The minimum absolute atomic E-state index is 0.0718. The van der Waals surface area contributed by atoms with Gasteiger partial charge in [-0.3, -0.25) is 4.79 Å². The first kappa shape index (κ1) is 22.4. The molecule has 0 unspecified atom stereocenters. The zero-order valence-electron chi connectivity index (χ0n) is 18.3. The number of aryl methyl sites for hydroxylation is 1. The molecule has 4 rings (SSSR count). The summed E-state index contributed by atoms with van der Waals surface area (Å²) in [6.45, 7) is 8.15. The fourth-order valence-electron chi connectivity index (χ4n) is 4.26. The molecule has 0 spiro atoms. The average Bonchev–Trinajstić information content (AvgIpc) is 3.41. The van der Waals surface area contributed by atoms with Crippen LogP contribution in [0.3, 0.4) is 0 Å². The van der Waals surface area contributed by atoms with Gasteiger partial charge in [-0.1, -0.05) is 19.0 Å². The molecule has 0 radical (unpaired) electrons. The Balaban J connectivity index is 1.45. The molecular formula is C21H30N4O4S2. The van der Waals surface area contributed by atoms with E-state index in [0.29, 0.717) is 52.3 Å². The maximum Gasteiger partial charge on any atom is 0.244 e. The van der Waals surface area contributed by atoms with Crippen LogP contribution < -0.4 is 0 Å². The van der Waals surface area contributed by atoms with Gasteiger partial charge in [0.25, 0.3) is 0 Å². The summed E-state index contributed by atoms with van der Waals surface area (Å²) in [5, 5.41) is 4.00. The number of nitrogens with zero attached hydrogens (tertiary/aromatic N) is 4. The normalized spacial score (nSPS) is 19.3. The molecule has 31 heavy (non-hydrogen) atoms. The molecule has 2 aliphatic rings. The van der Waals surface area contributed by atoms with Gasteiger partial charge in [0, 0.05) is 42.9 Å². The molecule has 0 atom stereocenters. The summed E-state index contributed by atoms with van der Waals surface area (Å²) < 4.78 is 33.4. The maximum absolute atomic E-state index is 13.3. The molecule has 2 aliphatic heterocycles. The van der Waals surface area contributed by atoms with Crippen molar-refractivity contribution in [3.63, 3.8) is 0 Å². The van der Waals surface area contributed by atoms with E-state index in [1.807, 2.05) is 18.7 Å². The molecule has 2 fully saturated rings. The fraction of sp³-hybridized carbons (Fsp3) is 0.667. The van der Waals surface area contributed by atoms with E-state index in [9.17, 15) is 13.2 Å². The number of aromatic nitrogens is 2. The van der Waals surface area contributed by atoms with E-state index >= 15 is 0 Å². The van der Waals surface area contributed by atoms with Crippen LogP contribution in [0.1, 0.15) is 62.6 Å². The molecule has 2 aromatic rings. The summed E-state index contributed by atoms with van der Waals surface area (Å²) in [6.07, 6.45) is 4.47. The molecule has 10 heteroatoms. The Bertz CT molecular complexity index is 1030. The smallest absolute Gasteiger partial charge is 0.244 e. The van der Waals surface area contributed by atoms with Crippen LogP contribution in [0.2, 0.25) is 0 Å². The molecule has 0 saturated carbocycles. The van der Waals surface area contributed by atoms with Crippen molar-refractivity contribution < 1.29 is 17.7 Å². The van der Waals surface area contributed by atoms with Crippen molar-refractivity contribution in [2.45, 2.75) is 63.7 Å². The highest BCUT2D eigenvalue weighted by molar-refractivity contribution is 7.89. The Hall–Kier alpha value is -1.78. The summed E-state index contributed by atoms with van der Waals surface area (Å²) in [7, 11) is -3.63. The van der Waals surface area contributed by atoms with Crippen LogP contribution in [0, 0.1) is 12.8 Å². The van der Waals surface area contributed by atoms with Crippen molar-refractivity contribution in [1.29, 1.82) is 0 Å². The molecule has 170 valence electrons. The minimum Gasteiger partial charge on any atom is -0.342 e. The van der Waals surface area contributed by atoms with Crippen LogP contribution in [0.5, 0.6) is 0 Å². The van der Waals surface area contributed by atoms with E-state index in [2.05, 4.69) is 10.1 Å². The van der Waals surface area contributed by atoms with Crippen LogP contribution in [0.25, 0.3) is 10.7 Å². The Morgan fingerprint density at radius 2 is 1.84 bits per heavy atom. The lowest BCUT2D eigenvalue weighted by Crippen LogP contribution is -2.45. The fourth-order valence-corrected chi connectivity index (χ4v) is 7.21. The molecule has 0 N–H and O–H groups in total. The monoisotopic (exact) mass is 466 g/mol. The summed E-state index contributed by atoms with van der Waals surface area (Å²) in [5.41, 5.74) is 0. The Labute approximate surface area is 187 Å². The third kappa shape index (κ3) is 4.56. The second-order valence-electron chi connectivity index (χ2n) is 8.71. The standard InChI is InChI=1S/C21H30N4O4S2/c1-14(2)20-22-19(23-29-20)17-13-18(15(3)30-17)31(27,28)25-11-7-16(8-12-25)21(26)24-9-5-4-6-10-24/h13-14,16H,4-12H2,1-3H3. The lowest BCUT2D eigenvalue weighted by atomic mass is 9.95. The number of amides is 1. The maximum atomic E-state index is 13.3. The number of piperidine rings is 2. The van der Waals surface area contributed by atoms with Gasteiger partial charge in [0.1, 0.15) is 0 Å². The largest absolute Gasteiger partial charge is 0.342 e. The molecule has 1 amide bonds. The third-order valence-electron chi connectivity index (χ3n) is 6.12. The van der Waals surface area contributed by atoms with Gasteiger partial charge < -0.3 is 9.42 Å². The molecular weight excluding hydrogens is 436 g/mol. The second-order valence-corrected chi connectivity index (χ2v) is 11.9. The van der Waals surface area contributed by atoms with Gasteiger partial charge in [0.15, 0.2) is 0 Å². The van der Waals surface area contributed by atoms with Crippen molar-refractivity contribution in [1.82, 2.24) is 19.3 Å². The number of sulfonamides is 1. The van der Waals surface area contributed by atoms with E-state index in [4.69, 9.17) is 4.52 Å². The van der Waals surface area contributed by atoms with E-state index in [0.717, 1.165) is 25.9 Å². The van der Waals surface area contributed by atoms with Crippen molar-refractivity contribution in [3.05, 3.63) is 16.8 Å². The number of carbonyl (C=O) groups excluding carboxylic acids is 1. The van der Waals surface area contributed by atoms with Gasteiger partial charge >= 0.3 is 0 Å². The van der Waals surface area contributed by atoms with Crippen LogP contribution in [0.4, 0.5) is 0 Å². The first-order valence-electron chi connectivity index (χ1n) is 11.0. The zero-order valence-corrected chi connectivity index (χ0v) is 20.0. The summed E-state index contributed by atoms with van der Waals surface area (Å²) in [4.78, 5) is 20.8. The predicted molar refractivity (Wildman–Crippen MR) is 118 cm³/mol. The van der Waals surface area contributed by atoms with Gasteiger partial charge in [0.05, 0.1) is 9.77 Å². The second kappa shape index (κ2) is 8.99. The molecule has 0 aliphatic carbocycles. The minimum atomic E-state index is -3.63. The molecule has 0 aromatic carbocycles. The Morgan fingerprint density at radius 1 is 1.16 bits per heavy atom. The number of thiophene rings is 1. The molecule has 0 bridgehead atoms. The van der Waals surface area contributed by atoms with Crippen LogP contribution in [-0.2, 0) is 14.8 Å². The van der Waals surface area contributed by atoms with Crippen molar-refractivity contribution >= 4 is 27.3 Å². The molecule has 2 aromatic heterocycles. The van der Waals surface area contributed by atoms with Crippen LogP contribution in [0.15, 0.2) is 15.5 Å². The lowest BCUT2D eigenvalue weighted by molar-refractivity contribution is -0.137. The van der Waals surface area contributed by atoms with Crippen LogP contribution in [-0.4, -0.2) is 59.8 Å².